The third-order valence-corrected chi connectivity index (χ3v) is 4.47. The van der Waals surface area contributed by atoms with E-state index in [0.717, 1.165) is 4.57 Å². The maximum Gasteiger partial charge on any atom is 0.438 e. The molecule has 7 nitrogen and oxygen atoms in total. The molecule has 0 bridgehead atoms. The Bertz CT molecular complexity index is 1180. The highest BCUT2D eigenvalue weighted by molar-refractivity contribution is 6.32. The number of halogens is 4. The number of rotatable bonds is 5. The first kappa shape index (κ1) is 21.4. The molecule has 0 unspecified atom stereocenters. The lowest BCUT2D eigenvalue weighted by atomic mass is 10.2. The molecule has 0 fully saturated rings. The van der Waals surface area contributed by atoms with E-state index in [1.807, 2.05) is 0 Å². The summed E-state index contributed by atoms with van der Waals surface area (Å²) in [4.78, 5) is 28.4. The number of hydrogen-bond acceptors (Lipinski definition) is 5. The number of para-hydroxylation sites is 2. The second kappa shape index (κ2) is 8.23. The topological polar surface area (TPSA) is 82.5 Å². The van der Waals surface area contributed by atoms with Crippen LogP contribution in [0.1, 0.15) is 5.69 Å². The molecule has 3 rings (SSSR count). The third-order valence-electron chi connectivity index (χ3n) is 4.17. The predicted octanol–water partition coefficient (Wildman–Crippen LogP) is 3.72. The molecule has 0 saturated heterocycles. The first-order valence-electron chi connectivity index (χ1n) is 8.44. The van der Waals surface area contributed by atoms with E-state index < -0.39 is 29.9 Å². The number of fused-ring (bicyclic) bond motifs is 1. The summed E-state index contributed by atoms with van der Waals surface area (Å²) in [7, 11) is 2.76. The number of amides is 1. The van der Waals surface area contributed by atoms with Gasteiger partial charge in [0, 0.05) is 6.07 Å². The maximum absolute atomic E-state index is 13.2. The van der Waals surface area contributed by atoms with Gasteiger partial charge in [-0.05, 0) is 18.2 Å². The monoisotopic (exact) mass is 441 g/mol. The van der Waals surface area contributed by atoms with Crippen LogP contribution in [0.4, 0.5) is 18.9 Å². The van der Waals surface area contributed by atoms with Gasteiger partial charge in [0.1, 0.15) is 18.0 Å². The van der Waals surface area contributed by atoms with Crippen LogP contribution in [0.25, 0.3) is 11.0 Å². The summed E-state index contributed by atoms with van der Waals surface area (Å²) in [6.07, 6.45) is -4.97. The van der Waals surface area contributed by atoms with Gasteiger partial charge in [0.25, 0.3) is 5.56 Å². The molecule has 11 heteroatoms. The van der Waals surface area contributed by atoms with Crippen molar-refractivity contribution in [2.45, 2.75) is 12.7 Å². The Labute approximate surface area is 173 Å². The number of benzene rings is 2. The van der Waals surface area contributed by atoms with Crippen LogP contribution in [0.2, 0.25) is 5.02 Å². The van der Waals surface area contributed by atoms with Crippen molar-refractivity contribution in [1.29, 1.82) is 0 Å². The van der Waals surface area contributed by atoms with E-state index in [1.54, 1.807) is 0 Å². The van der Waals surface area contributed by atoms with Gasteiger partial charge < -0.3 is 14.8 Å². The summed E-state index contributed by atoms with van der Waals surface area (Å²) in [6.45, 7) is -0.683. The molecule has 3 aromatic rings. The molecule has 1 amide bonds. The molecule has 0 aliphatic heterocycles. The van der Waals surface area contributed by atoms with Gasteiger partial charge in [-0.2, -0.15) is 13.2 Å². The fourth-order valence-electron chi connectivity index (χ4n) is 2.83. The van der Waals surface area contributed by atoms with E-state index in [2.05, 4.69) is 10.3 Å². The number of anilines is 1. The SMILES string of the molecule is COc1cc(OC)c(NC(=O)Cn2c(=O)c(C(F)(F)F)nc3ccccc32)cc1Cl. The van der Waals surface area contributed by atoms with Crippen molar-refractivity contribution < 1.29 is 27.4 Å². The molecule has 1 N–H and O–H groups in total. The lowest BCUT2D eigenvalue weighted by molar-refractivity contribution is -0.142. The van der Waals surface area contributed by atoms with Crippen LogP contribution in [-0.2, 0) is 17.5 Å². The molecule has 0 radical (unpaired) electrons. The Balaban J connectivity index is 2.01. The van der Waals surface area contributed by atoms with E-state index in [9.17, 15) is 22.8 Å². The second-order valence-electron chi connectivity index (χ2n) is 6.07. The highest BCUT2D eigenvalue weighted by Crippen LogP contribution is 2.36. The van der Waals surface area contributed by atoms with Crippen molar-refractivity contribution in [3.05, 3.63) is 57.5 Å². The first-order chi connectivity index (χ1) is 14.2. The molecular formula is C19H15ClF3N3O4. The lowest BCUT2D eigenvalue weighted by Gasteiger charge is -2.15. The van der Waals surface area contributed by atoms with Crippen LogP contribution in [0.5, 0.6) is 11.5 Å². The number of alkyl halides is 3. The number of aromatic nitrogens is 2. The Morgan fingerprint density at radius 3 is 2.47 bits per heavy atom. The smallest absolute Gasteiger partial charge is 0.438 e. The van der Waals surface area contributed by atoms with Crippen molar-refractivity contribution in [2.75, 3.05) is 19.5 Å². The zero-order valence-electron chi connectivity index (χ0n) is 15.7. The summed E-state index contributed by atoms with van der Waals surface area (Å²) >= 11 is 6.06. The molecule has 2 aromatic carbocycles. The fraction of sp³-hybridized carbons (Fsp3) is 0.211. The Morgan fingerprint density at radius 1 is 1.17 bits per heavy atom. The predicted molar refractivity (Wildman–Crippen MR) is 104 cm³/mol. The standard InChI is InChI=1S/C19H15ClF3N3O4/c1-29-14-8-15(30-2)12(7-10(14)20)24-16(27)9-26-13-6-4-3-5-11(13)25-17(18(26)28)19(21,22)23/h3-8H,9H2,1-2H3,(H,24,27). The summed E-state index contributed by atoms with van der Waals surface area (Å²) in [5.41, 5.74) is -2.83. The zero-order valence-corrected chi connectivity index (χ0v) is 16.5. The van der Waals surface area contributed by atoms with Gasteiger partial charge >= 0.3 is 6.18 Å². The van der Waals surface area contributed by atoms with Gasteiger partial charge in [0.05, 0.1) is 36.0 Å². The number of carbonyl (C=O) groups excluding carboxylic acids is 1. The van der Waals surface area contributed by atoms with E-state index in [0.29, 0.717) is 5.75 Å². The molecule has 1 heterocycles. The minimum Gasteiger partial charge on any atom is -0.495 e. The molecule has 0 aliphatic rings. The zero-order chi connectivity index (χ0) is 22.1. The van der Waals surface area contributed by atoms with E-state index in [4.69, 9.17) is 21.1 Å². The lowest BCUT2D eigenvalue weighted by Crippen LogP contribution is -2.34. The summed E-state index contributed by atoms with van der Waals surface area (Å²) in [6, 6.07) is 8.54. The van der Waals surface area contributed by atoms with Gasteiger partial charge in [0.15, 0.2) is 0 Å². The Kier molecular flexibility index (Phi) is 5.88. The van der Waals surface area contributed by atoms with Gasteiger partial charge in [-0.3, -0.25) is 14.2 Å². The van der Waals surface area contributed by atoms with Gasteiger partial charge in [-0.25, -0.2) is 4.98 Å². The number of nitrogens with one attached hydrogen (secondary N) is 1. The molecule has 1 aromatic heterocycles. The highest BCUT2D eigenvalue weighted by atomic mass is 35.5. The second-order valence-corrected chi connectivity index (χ2v) is 6.48. The van der Waals surface area contributed by atoms with Gasteiger partial charge in [-0.1, -0.05) is 23.7 Å². The van der Waals surface area contributed by atoms with Crippen molar-refractivity contribution >= 4 is 34.2 Å². The Hall–Kier alpha value is -3.27. The molecule has 0 spiro atoms. The molecule has 0 saturated carbocycles. The molecule has 30 heavy (non-hydrogen) atoms. The van der Waals surface area contributed by atoms with Crippen molar-refractivity contribution in [3.8, 4) is 11.5 Å². The minimum atomic E-state index is -4.97. The summed E-state index contributed by atoms with van der Waals surface area (Å²) in [5.74, 6) is -0.244. The van der Waals surface area contributed by atoms with Crippen LogP contribution in [0, 0.1) is 0 Å². The first-order valence-corrected chi connectivity index (χ1v) is 8.81. The van der Waals surface area contributed by atoms with Crippen molar-refractivity contribution in [3.63, 3.8) is 0 Å². The van der Waals surface area contributed by atoms with Crippen LogP contribution in [0.3, 0.4) is 0 Å². The average Bonchev–Trinajstić information content (AvgIpc) is 2.69. The number of carbonyl (C=O) groups is 1. The number of hydrogen-bond donors (Lipinski definition) is 1. The van der Waals surface area contributed by atoms with Crippen LogP contribution < -0.4 is 20.3 Å². The molecule has 158 valence electrons. The molecular weight excluding hydrogens is 427 g/mol. The van der Waals surface area contributed by atoms with Crippen LogP contribution >= 0.6 is 11.6 Å². The molecule has 0 atom stereocenters. The third kappa shape index (κ3) is 4.18. The maximum atomic E-state index is 13.2. The number of nitrogens with zero attached hydrogens (tertiary/aromatic N) is 2. The normalized spacial score (nSPS) is 11.4. The quantitative estimate of drug-likeness (QED) is 0.652. The summed E-state index contributed by atoms with van der Waals surface area (Å²) < 4.78 is 50.7. The number of ether oxygens (including phenoxy) is 2. The molecule has 0 aliphatic carbocycles. The fourth-order valence-corrected chi connectivity index (χ4v) is 3.07. The largest absolute Gasteiger partial charge is 0.495 e. The highest BCUT2D eigenvalue weighted by Gasteiger charge is 2.37. The van der Waals surface area contributed by atoms with E-state index in [1.165, 1.54) is 50.6 Å². The summed E-state index contributed by atoms with van der Waals surface area (Å²) in [5, 5.41) is 2.67. The van der Waals surface area contributed by atoms with Crippen molar-refractivity contribution in [1.82, 2.24) is 9.55 Å². The van der Waals surface area contributed by atoms with Crippen LogP contribution in [-0.4, -0.2) is 29.7 Å². The minimum absolute atomic E-state index is 0.0673. The van der Waals surface area contributed by atoms with E-state index >= 15 is 0 Å². The van der Waals surface area contributed by atoms with Gasteiger partial charge in [-0.15, -0.1) is 0 Å². The average molecular weight is 442 g/mol. The van der Waals surface area contributed by atoms with Gasteiger partial charge in [0.2, 0.25) is 11.6 Å². The van der Waals surface area contributed by atoms with E-state index in [-0.39, 0.29) is 27.5 Å². The van der Waals surface area contributed by atoms with Crippen LogP contribution in [0.15, 0.2) is 41.2 Å². The number of methoxy groups -OCH3 is 2. The Morgan fingerprint density at radius 2 is 1.83 bits per heavy atom. The van der Waals surface area contributed by atoms with Crippen molar-refractivity contribution in [2.24, 2.45) is 0 Å².